The minimum absolute atomic E-state index is 0.00277. The molecule has 0 bridgehead atoms. The van der Waals surface area contributed by atoms with Gasteiger partial charge in [0.2, 0.25) is 0 Å². The molecule has 2 aromatic rings. The molecule has 1 aliphatic heterocycles. The van der Waals surface area contributed by atoms with Crippen molar-refractivity contribution >= 4 is 28.7 Å². The van der Waals surface area contributed by atoms with Crippen molar-refractivity contribution in [2.45, 2.75) is 18.9 Å². The van der Waals surface area contributed by atoms with E-state index in [-0.39, 0.29) is 11.7 Å². The summed E-state index contributed by atoms with van der Waals surface area (Å²) in [5, 5.41) is 0. The first-order valence-corrected chi connectivity index (χ1v) is 6.65. The summed E-state index contributed by atoms with van der Waals surface area (Å²) in [6.45, 7) is 1.86. The molecule has 1 aromatic heterocycles. The number of likely N-dealkylation sites (tertiary alicyclic amines) is 1. The van der Waals surface area contributed by atoms with Gasteiger partial charge in [0.15, 0.2) is 0 Å². The summed E-state index contributed by atoms with van der Waals surface area (Å²) in [7, 11) is 0. The number of hydrogen-bond acceptors (Lipinski definition) is 2. The van der Waals surface area contributed by atoms with E-state index < -0.39 is 0 Å². The summed E-state index contributed by atoms with van der Waals surface area (Å²) in [6, 6.07) is 8.13. The fourth-order valence-electron chi connectivity index (χ4n) is 2.69. The second-order valence-electron chi connectivity index (χ2n) is 4.69. The SMILES string of the molecule is O=c1[nH]c2ccccc2n1C1CCN(C=S)CC1. The Morgan fingerprint density at radius 1 is 1.28 bits per heavy atom. The van der Waals surface area contributed by atoms with Crippen molar-refractivity contribution < 1.29 is 0 Å². The summed E-state index contributed by atoms with van der Waals surface area (Å²) in [6.07, 6.45) is 1.93. The number of H-pyrrole nitrogens is 1. The third-order valence-electron chi connectivity index (χ3n) is 3.64. The normalized spacial score (nSPS) is 17.2. The number of hydrogen-bond donors (Lipinski definition) is 1. The van der Waals surface area contributed by atoms with Crippen LogP contribution in [0.4, 0.5) is 0 Å². The molecule has 1 aromatic carbocycles. The molecule has 3 rings (SSSR count). The van der Waals surface area contributed by atoms with Crippen molar-refractivity contribution in [3.8, 4) is 0 Å². The van der Waals surface area contributed by atoms with Crippen molar-refractivity contribution in [1.29, 1.82) is 0 Å². The minimum Gasteiger partial charge on any atom is -0.369 e. The predicted octanol–water partition coefficient (Wildman–Crippen LogP) is 1.92. The predicted molar refractivity (Wildman–Crippen MR) is 76.1 cm³/mol. The maximum Gasteiger partial charge on any atom is 0.326 e. The van der Waals surface area contributed by atoms with Crippen LogP contribution in [-0.4, -0.2) is 33.0 Å². The second kappa shape index (κ2) is 4.57. The van der Waals surface area contributed by atoms with Gasteiger partial charge in [0.25, 0.3) is 0 Å². The topological polar surface area (TPSA) is 41.0 Å². The first kappa shape index (κ1) is 11.5. The fourth-order valence-corrected chi connectivity index (χ4v) is 2.90. The Bertz CT molecular complexity index is 622. The van der Waals surface area contributed by atoms with Gasteiger partial charge in [0.05, 0.1) is 16.5 Å². The summed E-state index contributed by atoms with van der Waals surface area (Å²) >= 11 is 4.94. The summed E-state index contributed by atoms with van der Waals surface area (Å²) in [5.74, 6) is 0. The molecule has 0 saturated carbocycles. The van der Waals surface area contributed by atoms with Gasteiger partial charge in [-0.2, -0.15) is 0 Å². The molecule has 0 amide bonds. The van der Waals surface area contributed by atoms with Gasteiger partial charge in [-0.05, 0) is 25.0 Å². The van der Waals surface area contributed by atoms with Crippen LogP contribution in [0.15, 0.2) is 29.1 Å². The van der Waals surface area contributed by atoms with Crippen molar-refractivity contribution in [3.63, 3.8) is 0 Å². The minimum atomic E-state index is -0.00277. The van der Waals surface area contributed by atoms with E-state index in [4.69, 9.17) is 12.2 Å². The molecule has 1 N–H and O–H groups in total. The Hall–Kier alpha value is -1.62. The van der Waals surface area contributed by atoms with Crippen LogP contribution in [0.5, 0.6) is 0 Å². The fraction of sp³-hybridized carbons (Fsp3) is 0.385. The summed E-state index contributed by atoms with van der Waals surface area (Å²) in [5.41, 5.74) is 3.63. The highest BCUT2D eigenvalue weighted by Gasteiger charge is 2.21. The lowest BCUT2D eigenvalue weighted by atomic mass is 10.1. The van der Waals surface area contributed by atoms with E-state index in [9.17, 15) is 4.79 Å². The molecule has 0 aliphatic carbocycles. The number of fused-ring (bicyclic) bond motifs is 1. The summed E-state index contributed by atoms with van der Waals surface area (Å²) in [4.78, 5) is 17.1. The molecule has 1 fully saturated rings. The average molecular weight is 261 g/mol. The number of aromatic amines is 1. The van der Waals surface area contributed by atoms with Crippen LogP contribution < -0.4 is 5.69 Å². The van der Waals surface area contributed by atoms with Gasteiger partial charge in [-0.1, -0.05) is 24.4 Å². The van der Waals surface area contributed by atoms with Gasteiger partial charge >= 0.3 is 5.69 Å². The molecule has 1 saturated heterocycles. The maximum absolute atomic E-state index is 12.1. The number of nitrogens with one attached hydrogen (secondary N) is 1. The van der Waals surface area contributed by atoms with Crippen molar-refractivity contribution in [2.24, 2.45) is 0 Å². The smallest absolute Gasteiger partial charge is 0.326 e. The van der Waals surface area contributed by atoms with Crippen LogP contribution in [0.2, 0.25) is 0 Å². The molecule has 4 nitrogen and oxygen atoms in total. The van der Waals surface area contributed by atoms with Crippen molar-refractivity contribution in [3.05, 3.63) is 34.7 Å². The Morgan fingerprint density at radius 3 is 2.72 bits per heavy atom. The number of para-hydroxylation sites is 2. The highest BCUT2D eigenvalue weighted by atomic mass is 32.1. The first-order valence-electron chi connectivity index (χ1n) is 6.18. The quantitative estimate of drug-likeness (QED) is 0.840. The third kappa shape index (κ3) is 1.84. The zero-order valence-electron chi connectivity index (χ0n) is 10.0. The first-order chi connectivity index (χ1) is 8.79. The average Bonchev–Trinajstić information content (AvgIpc) is 2.75. The number of piperidine rings is 1. The lowest BCUT2D eigenvalue weighted by Crippen LogP contribution is -2.35. The van der Waals surface area contributed by atoms with Crippen LogP contribution in [0.1, 0.15) is 18.9 Å². The molecule has 0 atom stereocenters. The van der Waals surface area contributed by atoms with E-state index >= 15 is 0 Å². The number of nitrogens with zero attached hydrogens (tertiary/aromatic N) is 2. The van der Waals surface area contributed by atoms with E-state index in [0.29, 0.717) is 0 Å². The standard InChI is InChI=1S/C13H15N3OS/c17-13-14-11-3-1-2-4-12(11)16(13)10-5-7-15(9-18)8-6-10/h1-4,9-10H,5-8H2,(H,14,17). The highest BCUT2D eigenvalue weighted by molar-refractivity contribution is 7.78. The van der Waals surface area contributed by atoms with Crippen LogP contribution in [0.25, 0.3) is 11.0 Å². The molecule has 0 unspecified atom stereocenters. The van der Waals surface area contributed by atoms with Crippen molar-refractivity contribution in [2.75, 3.05) is 13.1 Å². The molecule has 1 aliphatic rings. The molecular weight excluding hydrogens is 246 g/mol. The lowest BCUT2D eigenvalue weighted by Gasteiger charge is -2.30. The molecule has 5 heteroatoms. The van der Waals surface area contributed by atoms with Crippen molar-refractivity contribution in [1.82, 2.24) is 14.5 Å². The van der Waals surface area contributed by atoms with E-state index in [1.807, 2.05) is 28.8 Å². The number of benzene rings is 1. The molecule has 94 valence electrons. The zero-order valence-corrected chi connectivity index (χ0v) is 10.8. The lowest BCUT2D eigenvalue weighted by molar-refractivity contribution is 0.275. The van der Waals surface area contributed by atoms with Gasteiger partial charge in [0, 0.05) is 19.1 Å². The molecule has 0 radical (unpaired) electrons. The summed E-state index contributed by atoms with van der Waals surface area (Å²) < 4.78 is 1.90. The monoisotopic (exact) mass is 261 g/mol. The Morgan fingerprint density at radius 2 is 2.00 bits per heavy atom. The molecule has 0 spiro atoms. The second-order valence-corrected chi connectivity index (χ2v) is 4.90. The van der Waals surface area contributed by atoms with E-state index in [1.165, 1.54) is 0 Å². The number of imidazole rings is 1. The molecule has 2 heterocycles. The number of thiocarbonyl (C=S) groups is 1. The zero-order chi connectivity index (χ0) is 12.5. The van der Waals surface area contributed by atoms with Gasteiger partial charge in [-0.15, -0.1) is 0 Å². The van der Waals surface area contributed by atoms with Crippen LogP contribution in [0.3, 0.4) is 0 Å². The van der Waals surface area contributed by atoms with Gasteiger partial charge in [-0.3, -0.25) is 4.57 Å². The van der Waals surface area contributed by atoms with E-state index in [1.54, 1.807) is 5.49 Å². The van der Waals surface area contributed by atoms with Gasteiger partial charge < -0.3 is 9.88 Å². The van der Waals surface area contributed by atoms with Gasteiger partial charge in [-0.25, -0.2) is 4.79 Å². The van der Waals surface area contributed by atoms with Crippen LogP contribution in [-0.2, 0) is 0 Å². The highest BCUT2D eigenvalue weighted by Crippen LogP contribution is 2.24. The van der Waals surface area contributed by atoms with Crippen LogP contribution in [0, 0.1) is 0 Å². The Labute approximate surface area is 110 Å². The number of rotatable bonds is 2. The third-order valence-corrected chi connectivity index (χ3v) is 3.94. The molecular formula is C13H15N3OS. The van der Waals surface area contributed by atoms with E-state index in [2.05, 4.69) is 9.88 Å². The largest absolute Gasteiger partial charge is 0.369 e. The number of aromatic nitrogens is 2. The maximum atomic E-state index is 12.1. The van der Waals surface area contributed by atoms with E-state index in [0.717, 1.165) is 37.0 Å². The Kier molecular flexibility index (Phi) is 2.91. The van der Waals surface area contributed by atoms with Gasteiger partial charge in [0.1, 0.15) is 0 Å². The Balaban J connectivity index is 1.97. The molecule has 18 heavy (non-hydrogen) atoms. The van der Waals surface area contributed by atoms with Crippen LogP contribution >= 0.6 is 12.2 Å².